The van der Waals surface area contributed by atoms with Gasteiger partial charge in [0.25, 0.3) is 0 Å². The van der Waals surface area contributed by atoms with E-state index in [-0.39, 0.29) is 18.2 Å². The summed E-state index contributed by atoms with van der Waals surface area (Å²) < 4.78 is 11.7. The van der Waals surface area contributed by atoms with E-state index in [0.29, 0.717) is 34.4 Å². The Labute approximate surface area is 215 Å². The minimum absolute atomic E-state index is 0.101. The molecule has 0 atom stereocenters. The number of hydrogen-bond donors (Lipinski definition) is 0. The molecular formula is C28H27Cl2NO4. The van der Waals surface area contributed by atoms with Gasteiger partial charge in [0.2, 0.25) is 0 Å². The van der Waals surface area contributed by atoms with Crippen molar-refractivity contribution in [3.63, 3.8) is 0 Å². The number of ketones is 2. The van der Waals surface area contributed by atoms with Crippen LogP contribution < -0.4 is 9.47 Å². The third kappa shape index (κ3) is 4.36. The van der Waals surface area contributed by atoms with Crippen LogP contribution >= 0.6 is 23.2 Å². The van der Waals surface area contributed by atoms with Gasteiger partial charge in [0.15, 0.2) is 23.1 Å². The molecule has 0 radical (unpaired) electrons. The van der Waals surface area contributed by atoms with E-state index in [9.17, 15) is 9.59 Å². The van der Waals surface area contributed by atoms with Crippen LogP contribution in [0.2, 0.25) is 10.0 Å². The maximum absolute atomic E-state index is 13.2. The van der Waals surface area contributed by atoms with Crippen LogP contribution in [-0.4, -0.2) is 30.6 Å². The molecule has 0 spiro atoms. The molecule has 5 nitrogen and oxygen atoms in total. The van der Waals surface area contributed by atoms with Gasteiger partial charge < -0.3 is 14.4 Å². The number of benzene rings is 2. The van der Waals surface area contributed by atoms with E-state index >= 15 is 0 Å². The molecule has 182 valence electrons. The molecule has 0 saturated carbocycles. The lowest BCUT2D eigenvalue weighted by Gasteiger charge is -2.42. The van der Waals surface area contributed by atoms with E-state index in [1.54, 1.807) is 13.2 Å². The molecule has 7 heteroatoms. The van der Waals surface area contributed by atoms with Crippen LogP contribution in [0.4, 0.5) is 0 Å². The summed E-state index contributed by atoms with van der Waals surface area (Å²) in [4.78, 5) is 28.5. The van der Waals surface area contributed by atoms with Crippen LogP contribution in [0, 0.1) is 0 Å². The first-order valence-electron chi connectivity index (χ1n) is 11.9. The maximum Gasteiger partial charge on any atom is 0.180 e. The number of ether oxygens (including phenoxy) is 2. The van der Waals surface area contributed by atoms with Gasteiger partial charge in [0.1, 0.15) is 6.61 Å². The smallest absolute Gasteiger partial charge is 0.180 e. The molecule has 2 aliphatic carbocycles. The average Bonchev–Trinajstić information content (AvgIpc) is 2.84. The van der Waals surface area contributed by atoms with Crippen LogP contribution in [0.15, 0.2) is 58.9 Å². The van der Waals surface area contributed by atoms with Gasteiger partial charge in [-0.25, -0.2) is 0 Å². The fraction of sp³-hybridized carbons (Fsp3) is 0.357. The van der Waals surface area contributed by atoms with Gasteiger partial charge in [-0.05, 0) is 61.1 Å². The summed E-state index contributed by atoms with van der Waals surface area (Å²) in [5.74, 6) is 0.641. The van der Waals surface area contributed by atoms with Crippen molar-refractivity contribution < 1.29 is 19.1 Å². The molecule has 0 N–H and O–H groups in total. The fourth-order valence-corrected chi connectivity index (χ4v) is 6.00. The standard InChI is InChI=1S/C28H27Cl2NO4/c1-31-20-8-4-10-22(32)26(20)25(27-21(31)9-5-11-23(27)33)17-13-19(30)28(24(14-17)34-2)35-15-16-6-3-7-18(29)12-16/h3,6-7,12-14,25H,4-5,8-11,15H2,1-2H3. The van der Waals surface area contributed by atoms with Crippen molar-refractivity contribution in [2.24, 2.45) is 0 Å². The lowest BCUT2D eigenvalue weighted by atomic mass is 9.71. The molecule has 0 aromatic heterocycles. The van der Waals surface area contributed by atoms with Crippen molar-refractivity contribution in [2.75, 3.05) is 14.2 Å². The van der Waals surface area contributed by atoms with Crippen molar-refractivity contribution in [1.82, 2.24) is 4.90 Å². The molecule has 0 bridgehead atoms. The maximum atomic E-state index is 13.2. The molecule has 35 heavy (non-hydrogen) atoms. The van der Waals surface area contributed by atoms with E-state index in [2.05, 4.69) is 4.90 Å². The number of halogens is 2. The molecule has 2 aromatic rings. The number of methoxy groups -OCH3 is 1. The number of carbonyl (C=O) groups excluding carboxylic acids is 2. The summed E-state index contributed by atoms with van der Waals surface area (Å²) in [5, 5.41) is 1.00. The van der Waals surface area contributed by atoms with E-state index in [4.69, 9.17) is 32.7 Å². The third-order valence-corrected chi connectivity index (χ3v) is 7.62. The molecule has 5 rings (SSSR count). The quantitative estimate of drug-likeness (QED) is 0.451. The van der Waals surface area contributed by atoms with Crippen LogP contribution in [0.5, 0.6) is 11.5 Å². The molecule has 0 saturated heterocycles. The molecule has 2 aromatic carbocycles. The molecular weight excluding hydrogens is 485 g/mol. The topological polar surface area (TPSA) is 55.8 Å². The second kappa shape index (κ2) is 9.71. The number of hydrogen-bond acceptors (Lipinski definition) is 5. The molecule has 1 aliphatic heterocycles. The molecule has 1 heterocycles. The fourth-order valence-electron chi connectivity index (χ4n) is 5.51. The zero-order valence-electron chi connectivity index (χ0n) is 19.8. The Balaban J connectivity index is 1.58. The van der Waals surface area contributed by atoms with E-state index in [1.165, 1.54) is 0 Å². The predicted molar refractivity (Wildman–Crippen MR) is 136 cm³/mol. The van der Waals surface area contributed by atoms with Gasteiger partial charge in [-0.15, -0.1) is 0 Å². The Morgan fingerprint density at radius 3 is 2.20 bits per heavy atom. The lowest BCUT2D eigenvalue weighted by Crippen LogP contribution is -2.37. The van der Waals surface area contributed by atoms with Crippen molar-refractivity contribution >= 4 is 34.8 Å². The van der Waals surface area contributed by atoms with Crippen molar-refractivity contribution in [1.29, 1.82) is 0 Å². The van der Waals surface area contributed by atoms with Crippen molar-refractivity contribution in [2.45, 2.75) is 51.0 Å². The monoisotopic (exact) mass is 511 g/mol. The van der Waals surface area contributed by atoms with Crippen LogP contribution in [0.3, 0.4) is 0 Å². The highest BCUT2D eigenvalue weighted by atomic mass is 35.5. The van der Waals surface area contributed by atoms with Gasteiger partial charge in [-0.1, -0.05) is 35.3 Å². The highest BCUT2D eigenvalue weighted by molar-refractivity contribution is 6.32. The lowest BCUT2D eigenvalue weighted by molar-refractivity contribution is -0.117. The predicted octanol–water partition coefficient (Wildman–Crippen LogP) is 6.62. The number of Topliss-reactive ketones (excluding diaryl/α,β-unsaturated/α-hetero) is 2. The van der Waals surface area contributed by atoms with Gasteiger partial charge in [0, 0.05) is 53.4 Å². The van der Waals surface area contributed by atoms with Gasteiger partial charge >= 0.3 is 0 Å². The summed E-state index contributed by atoms with van der Waals surface area (Å²) in [5.41, 5.74) is 5.17. The van der Waals surface area contributed by atoms with Crippen LogP contribution in [-0.2, 0) is 16.2 Å². The largest absolute Gasteiger partial charge is 0.493 e. The summed E-state index contributed by atoms with van der Waals surface area (Å²) in [6, 6.07) is 11.1. The Morgan fingerprint density at radius 2 is 1.60 bits per heavy atom. The minimum Gasteiger partial charge on any atom is -0.493 e. The second-order valence-electron chi connectivity index (χ2n) is 9.22. The van der Waals surface area contributed by atoms with Crippen LogP contribution in [0.1, 0.15) is 55.6 Å². The van der Waals surface area contributed by atoms with Gasteiger partial charge in [0.05, 0.1) is 12.1 Å². The zero-order valence-corrected chi connectivity index (χ0v) is 21.3. The normalized spacial score (nSPS) is 18.6. The summed E-state index contributed by atoms with van der Waals surface area (Å²) >= 11 is 12.8. The molecule has 0 unspecified atom stereocenters. The Kier molecular flexibility index (Phi) is 6.65. The Morgan fingerprint density at radius 1 is 0.943 bits per heavy atom. The first-order chi connectivity index (χ1) is 16.9. The molecule has 0 amide bonds. The first kappa shape index (κ1) is 24.0. The molecule has 3 aliphatic rings. The van der Waals surface area contributed by atoms with Crippen molar-refractivity contribution in [3.05, 3.63) is 80.1 Å². The van der Waals surface area contributed by atoms with Crippen LogP contribution in [0.25, 0.3) is 0 Å². The summed E-state index contributed by atoms with van der Waals surface area (Å²) in [6.45, 7) is 0.270. The van der Waals surface area contributed by atoms with Crippen molar-refractivity contribution in [3.8, 4) is 11.5 Å². The van der Waals surface area contributed by atoms with Gasteiger partial charge in [-0.3, -0.25) is 9.59 Å². The Hall–Kier alpha value is -2.76. The first-order valence-corrected chi connectivity index (χ1v) is 12.7. The second-order valence-corrected chi connectivity index (χ2v) is 10.1. The molecule has 0 fully saturated rings. The zero-order chi connectivity index (χ0) is 24.7. The Bertz CT molecular complexity index is 1240. The highest BCUT2D eigenvalue weighted by Gasteiger charge is 2.42. The minimum atomic E-state index is -0.440. The summed E-state index contributed by atoms with van der Waals surface area (Å²) in [7, 11) is 3.54. The highest BCUT2D eigenvalue weighted by Crippen LogP contribution is 2.50. The SMILES string of the molecule is COc1cc(C2C3=C(CCCC3=O)N(C)C3=C2C(=O)CCC3)cc(Cl)c1OCc1cccc(Cl)c1. The number of allylic oxidation sites excluding steroid dienone is 4. The number of nitrogens with zero attached hydrogens (tertiary/aromatic N) is 1. The average molecular weight is 512 g/mol. The van der Waals surface area contributed by atoms with Gasteiger partial charge in [-0.2, -0.15) is 0 Å². The van der Waals surface area contributed by atoms with E-state index < -0.39 is 5.92 Å². The summed E-state index contributed by atoms with van der Waals surface area (Å²) in [6.07, 6.45) is 4.28. The van der Waals surface area contributed by atoms with E-state index in [1.807, 2.05) is 37.4 Å². The third-order valence-electron chi connectivity index (χ3n) is 7.10. The number of rotatable bonds is 5. The van der Waals surface area contributed by atoms with E-state index in [0.717, 1.165) is 59.4 Å². The number of carbonyl (C=O) groups is 2.